The number of H-pyrrole nitrogens is 1. The van der Waals surface area contributed by atoms with E-state index in [4.69, 9.17) is 0 Å². The molecule has 2 aromatic carbocycles. The van der Waals surface area contributed by atoms with Crippen molar-refractivity contribution < 1.29 is 4.79 Å². The summed E-state index contributed by atoms with van der Waals surface area (Å²) in [7, 11) is 0. The lowest BCUT2D eigenvalue weighted by atomic mass is 10.2. The fourth-order valence-corrected chi connectivity index (χ4v) is 2.02. The van der Waals surface area contributed by atoms with Crippen molar-refractivity contribution in [2.24, 2.45) is 0 Å². The van der Waals surface area contributed by atoms with Gasteiger partial charge in [-0.15, -0.1) is 0 Å². The van der Waals surface area contributed by atoms with Gasteiger partial charge < -0.3 is 4.98 Å². The zero-order valence-corrected chi connectivity index (χ0v) is 10.9. The van der Waals surface area contributed by atoms with Crippen molar-refractivity contribution in [3.8, 4) is 0 Å². The van der Waals surface area contributed by atoms with Gasteiger partial charge in [-0.1, -0.05) is 30.3 Å². The van der Waals surface area contributed by atoms with Crippen molar-refractivity contribution in [1.82, 2.24) is 9.66 Å². The zero-order valence-electron chi connectivity index (χ0n) is 10.9. The minimum Gasteiger partial charge on any atom is -0.305 e. The summed E-state index contributed by atoms with van der Waals surface area (Å²) in [6.45, 7) is 0. The first-order chi connectivity index (χ1) is 10.2. The third kappa shape index (κ3) is 2.34. The zero-order chi connectivity index (χ0) is 14.8. The highest BCUT2D eigenvalue weighted by atomic mass is 16.2. The van der Waals surface area contributed by atoms with Gasteiger partial charge >= 0.3 is 5.69 Å². The Balaban J connectivity index is 2.08. The number of para-hydroxylation sites is 1. The second kappa shape index (κ2) is 5.09. The lowest BCUT2D eigenvalue weighted by Gasteiger charge is -2.08. The van der Waals surface area contributed by atoms with E-state index in [-0.39, 0.29) is 0 Å². The van der Waals surface area contributed by atoms with Gasteiger partial charge in [0.15, 0.2) is 0 Å². The molecule has 2 N–H and O–H groups in total. The van der Waals surface area contributed by atoms with E-state index in [1.807, 2.05) is 0 Å². The minimum atomic E-state index is -0.692. The van der Waals surface area contributed by atoms with E-state index in [1.165, 1.54) is 0 Å². The second-order valence-electron chi connectivity index (χ2n) is 4.42. The van der Waals surface area contributed by atoms with Gasteiger partial charge in [-0.05, 0) is 24.3 Å². The molecular formula is C15H11N3O3. The molecule has 104 valence electrons. The van der Waals surface area contributed by atoms with Crippen LogP contribution in [0.25, 0.3) is 10.9 Å². The monoisotopic (exact) mass is 281 g/mol. The van der Waals surface area contributed by atoms with Crippen LogP contribution in [0, 0.1) is 0 Å². The van der Waals surface area contributed by atoms with E-state index < -0.39 is 17.2 Å². The molecule has 3 rings (SSSR count). The summed E-state index contributed by atoms with van der Waals surface area (Å²) in [5.74, 6) is -0.529. The molecule has 0 unspecified atom stereocenters. The molecule has 0 aliphatic heterocycles. The lowest BCUT2D eigenvalue weighted by Crippen LogP contribution is -2.43. The van der Waals surface area contributed by atoms with Gasteiger partial charge in [-0.25, -0.2) is 4.79 Å². The van der Waals surface area contributed by atoms with Gasteiger partial charge in [0, 0.05) is 5.56 Å². The molecule has 0 aliphatic carbocycles. The summed E-state index contributed by atoms with van der Waals surface area (Å²) in [5, 5.41) is 0.325. The molecule has 6 nitrogen and oxygen atoms in total. The van der Waals surface area contributed by atoms with Gasteiger partial charge in [0.1, 0.15) is 0 Å². The minimum absolute atomic E-state index is 0.325. The third-order valence-electron chi connectivity index (χ3n) is 3.05. The molecule has 0 saturated heterocycles. The van der Waals surface area contributed by atoms with Crippen LogP contribution in [0.15, 0.2) is 64.2 Å². The maximum Gasteiger partial charge on any atom is 0.348 e. The number of aromatic nitrogens is 2. The Morgan fingerprint density at radius 3 is 2.38 bits per heavy atom. The van der Waals surface area contributed by atoms with E-state index in [0.29, 0.717) is 21.1 Å². The third-order valence-corrected chi connectivity index (χ3v) is 3.05. The Morgan fingerprint density at radius 2 is 1.62 bits per heavy atom. The van der Waals surface area contributed by atoms with Crippen LogP contribution in [-0.4, -0.2) is 15.6 Å². The van der Waals surface area contributed by atoms with Crippen LogP contribution in [0.1, 0.15) is 10.4 Å². The number of fused-ring (bicyclic) bond motifs is 1. The molecule has 0 bridgehead atoms. The molecule has 0 radical (unpaired) electrons. The summed E-state index contributed by atoms with van der Waals surface area (Å²) in [6, 6.07) is 15.0. The van der Waals surface area contributed by atoms with Crippen LogP contribution in [-0.2, 0) is 0 Å². The van der Waals surface area contributed by atoms with Gasteiger partial charge in [0.2, 0.25) is 0 Å². The van der Waals surface area contributed by atoms with Crippen molar-refractivity contribution in [3.63, 3.8) is 0 Å². The number of carbonyl (C=O) groups is 1. The van der Waals surface area contributed by atoms with Crippen molar-refractivity contribution in [2.45, 2.75) is 0 Å². The summed E-state index contributed by atoms with van der Waals surface area (Å²) in [5.41, 5.74) is 1.83. The maximum atomic E-state index is 12.2. The van der Waals surface area contributed by atoms with Crippen molar-refractivity contribution in [1.29, 1.82) is 0 Å². The average molecular weight is 281 g/mol. The quantitative estimate of drug-likeness (QED) is 0.737. The first kappa shape index (κ1) is 12.9. The largest absolute Gasteiger partial charge is 0.348 e. The predicted octanol–water partition coefficient (Wildman–Crippen LogP) is 1.07. The standard InChI is InChI=1S/C15H11N3O3/c19-13(10-6-2-1-3-7-10)17-18-14(20)11-8-4-5-9-12(11)16-15(18)21/h1-9H,(H,16,21)(H,17,19). The number of rotatable bonds is 2. The highest BCUT2D eigenvalue weighted by Gasteiger charge is 2.11. The summed E-state index contributed by atoms with van der Waals surface area (Å²) >= 11 is 0. The second-order valence-corrected chi connectivity index (χ2v) is 4.42. The number of nitrogens with zero attached hydrogens (tertiary/aromatic N) is 1. The Bertz CT molecular complexity index is 926. The molecule has 0 fully saturated rings. The number of benzene rings is 2. The average Bonchev–Trinajstić information content (AvgIpc) is 2.52. The fraction of sp³-hybridized carbons (Fsp3) is 0. The molecule has 21 heavy (non-hydrogen) atoms. The molecular weight excluding hydrogens is 270 g/mol. The van der Waals surface area contributed by atoms with Crippen molar-refractivity contribution in [3.05, 3.63) is 81.0 Å². The van der Waals surface area contributed by atoms with Crippen LogP contribution in [0.5, 0.6) is 0 Å². The Labute approximate surface area is 118 Å². The van der Waals surface area contributed by atoms with Gasteiger partial charge in [-0.2, -0.15) is 4.68 Å². The number of carbonyl (C=O) groups excluding carboxylic acids is 1. The maximum absolute atomic E-state index is 12.2. The topological polar surface area (TPSA) is 84.0 Å². The Kier molecular flexibility index (Phi) is 3.12. The first-order valence-electron chi connectivity index (χ1n) is 6.27. The molecule has 1 amide bonds. The van der Waals surface area contributed by atoms with E-state index >= 15 is 0 Å². The number of amides is 1. The number of nitrogens with one attached hydrogen (secondary N) is 2. The molecule has 1 heterocycles. The number of aromatic amines is 1. The van der Waals surface area contributed by atoms with E-state index in [0.717, 1.165) is 0 Å². The highest BCUT2D eigenvalue weighted by molar-refractivity contribution is 5.99. The van der Waals surface area contributed by atoms with Crippen LogP contribution >= 0.6 is 0 Å². The van der Waals surface area contributed by atoms with Crippen LogP contribution in [0.3, 0.4) is 0 Å². The molecule has 0 spiro atoms. The fourth-order valence-electron chi connectivity index (χ4n) is 2.02. The highest BCUT2D eigenvalue weighted by Crippen LogP contribution is 2.03. The molecule has 0 saturated carbocycles. The van der Waals surface area contributed by atoms with Gasteiger partial charge in [0.25, 0.3) is 11.5 Å². The summed E-state index contributed by atoms with van der Waals surface area (Å²) in [6.07, 6.45) is 0. The normalized spacial score (nSPS) is 10.5. The molecule has 3 aromatic rings. The summed E-state index contributed by atoms with van der Waals surface area (Å²) < 4.78 is 0.678. The summed E-state index contributed by atoms with van der Waals surface area (Å²) in [4.78, 5) is 38.7. The van der Waals surface area contributed by atoms with E-state index in [2.05, 4.69) is 10.4 Å². The number of hydrogen-bond donors (Lipinski definition) is 2. The molecule has 6 heteroatoms. The predicted molar refractivity (Wildman–Crippen MR) is 79.0 cm³/mol. The van der Waals surface area contributed by atoms with Crippen LogP contribution in [0.4, 0.5) is 0 Å². The van der Waals surface area contributed by atoms with E-state index in [9.17, 15) is 14.4 Å². The van der Waals surface area contributed by atoms with Gasteiger partial charge in [-0.3, -0.25) is 15.0 Å². The lowest BCUT2D eigenvalue weighted by molar-refractivity contribution is 0.101. The SMILES string of the molecule is O=C(Nn1c(=O)[nH]c2ccccc2c1=O)c1ccccc1. The van der Waals surface area contributed by atoms with Crippen LogP contribution in [0.2, 0.25) is 0 Å². The van der Waals surface area contributed by atoms with E-state index in [1.54, 1.807) is 54.6 Å². The van der Waals surface area contributed by atoms with Crippen LogP contribution < -0.4 is 16.7 Å². The Morgan fingerprint density at radius 1 is 0.952 bits per heavy atom. The van der Waals surface area contributed by atoms with Crippen molar-refractivity contribution in [2.75, 3.05) is 5.43 Å². The molecule has 1 aromatic heterocycles. The number of hydrogen-bond acceptors (Lipinski definition) is 3. The Hall–Kier alpha value is -3.15. The van der Waals surface area contributed by atoms with Gasteiger partial charge in [0.05, 0.1) is 10.9 Å². The van der Waals surface area contributed by atoms with Crippen molar-refractivity contribution >= 4 is 16.8 Å². The molecule has 0 atom stereocenters. The smallest absolute Gasteiger partial charge is 0.305 e. The molecule has 0 aliphatic rings. The first-order valence-corrected chi connectivity index (χ1v) is 6.27.